The molecule has 0 aliphatic rings. The van der Waals surface area contributed by atoms with Gasteiger partial charge < -0.3 is 9.15 Å². The number of carbonyl (C=O) groups is 1. The largest absolute Gasteiger partial charge is 0.497 e. The zero-order valence-electron chi connectivity index (χ0n) is 14.0. The maximum Gasteiger partial charge on any atom is 0.197 e. The zero-order chi connectivity index (χ0) is 18.1. The summed E-state index contributed by atoms with van der Waals surface area (Å²) < 4.78 is 11.2. The summed E-state index contributed by atoms with van der Waals surface area (Å²) in [5.74, 6) is 1.13. The van der Waals surface area contributed by atoms with Crippen LogP contribution in [-0.2, 0) is 0 Å². The van der Waals surface area contributed by atoms with Gasteiger partial charge in [-0.25, -0.2) is 0 Å². The van der Waals surface area contributed by atoms with E-state index >= 15 is 0 Å². The highest BCUT2D eigenvalue weighted by Crippen LogP contribution is 2.36. The minimum absolute atomic E-state index is 0.118. The van der Waals surface area contributed by atoms with Gasteiger partial charge in [-0.2, -0.15) is 0 Å². The number of benzene rings is 3. The first-order valence-corrected chi connectivity index (χ1v) is 8.51. The number of ketones is 1. The van der Waals surface area contributed by atoms with Crippen molar-refractivity contribution in [2.45, 2.75) is 0 Å². The van der Waals surface area contributed by atoms with Crippen molar-refractivity contribution in [2.24, 2.45) is 0 Å². The summed E-state index contributed by atoms with van der Waals surface area (Å²) in [6, 6.07) is 21.9. The Kier molecular flexibility index (Phi) is 4.23. The van der Waals surface area contributed by atoms with Crippen molar-refractivity contribution < 1.29 is 13.9 Å². The predicted molar refractivity (Wildman–Crippen MR) is 103 cm³/mol. The van der Waals surface area contributed by atoms with Gasteiger partial charge in [0.05, 0.1) is 12.7 Å². The standard InChI is InChI=1S/C22H15ClO3/c1-25-17-10-7-14(8-11-17)21(24)20-18-13-16(23)9-12-19(18)26-22(20)15-5-3-2-4-6-15/h2-13H,1H3. The highest BCUT2D eigenvalue weighted by Gasteiger charge is 2.23. The van der Waals surface area contributed by atoms with E-state index in [1.54, 1.807) is 49.6 Å². The zero-order valence-corrected chi connectivity index (χ0v) is 14.8. The van der Waals surface area contributed by atoms with Crippen LogP contribution in [-0.4, -0.2) is 12.9 Å². The first-order valence-electron chi connectivity index (χ1n) is 8.13. The van der Waals surface area contributed by atoms with Gasteiger partial charge in [0.15, 0.2) is 5.78 Å². The first-order chi connectivity index (χ1) is 12.7. The van der Waals surface area contributed by atoms with Crippen LogP contribution in [0.15, 0.2) is 77.2 Å². The Balaban J connectivity index is 1.93. The molecular weight excluding hydrogens is 348 g/mol. The fraction of sp³-hybridized carbons (Fsp3) is 0.0455. The monoisotopic (exact) mass is 362 g/mol. The quantitative estimate of drug-likeness (QED) is 0.418. The van der Waals surface area contributed by atoms with E-state index in [0.717, 1.165) is 5.56 Å². The Hall–Kier alpha value is -3.04. The molecule has 0 N–H and O–H groups in total. The van der Waals surface area contributed by atoms with Crippen molar-refractivity contribution in [2.75, 3.05) is 7.11 Å². The molecule has 26 heavy (non-hydrogen) atoms. The van der Waals surface area contributed by atoms with Crippen molar-refractivity contribution in [3.63, 3.8) is 0 Å². The molecule has 4 aromatic rings. The van der Waals surface area contributed by atoms with Gasteiger partial charge in [0.25, 0.3) is 0 Å². The molecule has 1 aromatic heterocycles. The molecule has 0 atom stereocenters. The lowest BCUT2D eigenvalue weighted by atomic mass is 9.97. The predicted octanol–water partition coefficient (Wildman–Crippen LogP) is 5.99. The highest BCUT2D eigenvalue weighted by atomic mass is 35.5. The number of hydrogen-bond acceptors (Lipinski definition) is 3. The normalized spacial score (nSPS) is 10.8. The molecule has 3 nitrogen and oxygen atoms in total. The molecule has 0 unspecified atom stereocenters. The van der Waals surface area contributed by atoms with Crippen molar-refractivity contribution in [3.8, 4) is 17.1 Å². The van der Waals surface area contributed by atoms with Crippen LogP contribution in [0.1, 0.15) is 15.9 Å². The summed E-state index contributed by atoms with van der Waals surface area (Å²) in [6.07, 6.45) is 0. The van der Waals surface area contributed by atoms with Gasteiger partial charge >= 0.3 is 0 Å². The number of furan rings is 1. The minimum Gasteiger partial charge on any atom is -0.497 e. The van der Waals surface area contributed by atoms with Crippen LogP contribution in [0.3, 0.4) is 0 Å². The lowest BCUT2D eigenvalue weighted by molar-refractivity contribution is 0.104. The molecule has 3 aromatic carbocycles. The Morgan fingerprint density at radius 1 is 0.962 bits per heavy atom. The summed E-state index contributed by atoms with van der Waals surface area (Å²) in [5.41, 5.74) is 2.55. The maximum atomic E-state index is 13.3. The molecule has 0 aliphatic carbocycles. The van der Waals surface area contributed by atoms with Gasteiger partial charge in [0.1, 0.15) is 17.1 Å². The van der Waals surface area contributed by atoms with E-state index in [1.807, 2.05) is 30.3 Å². The van der Waals surface area contributed by atoms with E-state index in [4.69, 9.17) is 20.8 Å². The first kappa shape index (κ1) is 16.4. The van der Waals surface area contributed by atoms with Crippen LogP contribution in [0.4, 0.5) is 0 Å². The molecule has 0 fully saturated rings. The molecule has 1 heterocycles. The summed E-state index contributed by atoms with van der Waals surface area (Å²) in [4.78, 5) is 13.3. The third-order valence-corrected chi connectivity index (χ3v) is 4.50. The summed E-state index contributed by atoms with van der Waals surface area (Å²) in [6.45, 7) is 0. The molecule has 0 saturated carbocycles. The minimum atomic E-state index is -0.118. The van der Waals surface area contributed by atoms with E-state index in [9.17, 15) is 4.79 Å². The molecule has 4 heteroatoms. The summed E-state index contributed by atoms with van der Waals surface area (Å²) in [7, 11) is 1.59. The van der Waals surface area contributed by atoms with Gasteiger partial charge in [-0.15, -0.1) is 0 Å². The topological polar surface area (TPSA) is 39.4 Å². The van der Waals surface area contributed by atoms with Gasteiger partial charge in [-0.1, -0.05) is 41.9 Å². The molecule has 4 rings (SSSR count). The molecule has 0 saturated heterocycles. The number of fused-ring (bicyclic) bond motifs is 1. The van der Waals surface area contributed by atoms with Crippen LogP contribution in [0.2, 0.25) is 5.02 Å². The Morgan fingerprint density at radius 3 is 2.38 bits per heavy atom. The SMILES string of the molecule is COc1ccc(C(=O)c2c(-c3ccccc3)oc3ccc(Cl)cc23)cc1. The molecule has 0 radical (unpaired) electrons. The fourth-order valence-electron chi connectivity index (χ4n) is 2.97. The van der Waals surface area contributed by atoms with Gasteiger partial charge in [-0.05, 0) is 42.5 Å². The van der Waals surface area contributed by atoms with E-state index in [0.29, 0.717) is 38.6 Å². The molecule has 0 aliphatic heterocycles. The Morgan fingerprint density at radius 2 is 1.69 bits per heavy atom. The van der Waals surface area contributed by atoms with Crippen LogP contribution in [0.5, 0.6) is 5.75 Å². The van der Waals surface area contributed by atoms with Crippen LogP contribution in [0.25, 0.3) is 22.3 Å². The average molecular weight is 363 g/mol. The van der Waals surface area contributed by atoms with Crippen LogP contribution in [0, 0.1) is 0 Å². The second kappa shape index (κ2) is 6.70. The third kappa shape index (κ3) is 2.87. The second-order valence-electron chi connectivity index (χ2n) is 5.87. The highest BCUT2D eigenvalue weighted by molar-refractivity contribution is 6.32. The van der Waals surface area contributed by atoms with E-state index in [2.05, 4.69) is 0 Å². The van der Waals surface area contributed by atoms with E-state index in [1.165, 1.54) is 0 Å². The Bertz CT molecular complexity index is 1080. The number of hydrogen-bond donors (Lipinski definition) is 0. The van der Waals surface area contributed by atoms with Crippen molar-refractivity contribution in [1.82, 2.24) is 0 Å². The molecule has 128 valence electrons. The smallest absolute Gasteiger partial charge is 0.197 e. The van der Waals surface area contributed by atoms with Crippen LogP contribution >= 0.6 is 11.6 Å². The maximum absolute atomic E-state index is 13.3. The average Bonchev–Trinajstić information content (AvgIpc) is 3.06. The van der Waals surface area contributed by atoms with Crippen molar-refractivity contribution in [1.29, 1.82) is 0 Å². The lowest BCUT2D eigenvalue weighted by Gasteiger charge is -2.05. The van der Waals surface area contributed by atoms with Gasteiger partial charge in [-0.3, -0.25) is 4.79 Å². The lowest BCUT2D eigenvalue weighted by Crippen LogP contribution is -2.02. The number of ether oxygens (including phenoxy) is 1. The van der Waals surface area contributed by atoms with Crippen LogP contribution < -0.4 is 4.74 Å². The number of halogens is 1. The molecule has 0 bridgehead atoms. The Labute approximate surface area is 155 Å². The number of rotatable bonds is 4. The molecular formula is C22H15ClO3. The third-order valence-electron chi connectivity index (χ3n) is 4.27. The molecule has 0 spiro atoms. The summed E-state index contributed by atoms with van der Waals surface area (Å²) >= 11 is 6.17. The number of carbonyl (C=O) groups excluding carboxylic acids is 1. The van der Waals surface area contributed by atoms with Crippen molar-refractivity contribution >= 4 is 28.4 Å². The number of methoxy groups -OCH3 is 1. The fourth-order valence-corrected chi connectivity index (χ4v) is 3.15. The van der Waals surface area contributed by atoms with Gasteiger partial charge in [0.2, 0.25) is 0 Å². The summed E-state index contributed by atoms with van der Waals surface area (Å²) in [5, 5.41) is 1.26. The van der Waals surface area contributed by atoms with Crippen molar-refractivity contribution in [3.05, 3.63) is 88.9 Å². The van der Waals surface area contributed by atoms with Gasteiger partial charge in [0, 0.05) is 21.5 Å². The molecule has 0 amide bonds. The second-order valence-corrected chi connectivity index (χ2v) is 6.31. The van der Waals surface area contributed by atoms with E-state index in [-0.39, 0.29) is 5.78 Å². The van der Waals surface area contributed by atoms with E-state index < -0.39 is 0 Å².